The zero-order valence-electron chi connectivity index (χ0n) is 6.33. The Morgan fingerprint density at radius 2 is 2.40 bits per heavy atom. The first kappa shape index (κ1) is 7.48. The molecule has 0 aromatic carbocycles. The fourth-order valence-corrected chi connectivity index (χ4v) is 0.855. The normalized spacial score (nSPS) is 30.0. The van der Waals surface area contributed by atoms with E-state index in [-0.39, 0.29) is 11.5 Å². The lowest BCUT2D eigenvalue weighted by Gasteiger charge is -2.26. The van der Waals surface area contributed by atoms with Gasteiger partial charge >= 0.3 is 0 Å². The van der Waals surface area contributed by atoms with Crippen LogP contribution in [0.5, 0.6) is 0 Å². The second-order valence-electron chi connectivity index (χ2n) is 3.07. The first-order chi connectivity index (χ1) is 4.64. The fraction of sp³-hybridized carbons (Fsp3) is 0.625. The van der Waals surface area contributed by atoms with Crippen LogP contribution < -0.4 is 0 Å². The molecule has 0 saturated heterocycles. The SMILES string of the molecule is CC1(C)C=CC(C=O)CO1. The molecule has 0 aliphatic carbocycles. The van der Waals surface area contributed by atoms with Crippen molar-refractivity contribution in [2.24, 2.45) is 5.92 Å². The van der Waals surface area contributed by atoms with Crippen LogP contribution in [0.15, 0.2) is 12.2 Å². The monoisotopic (exact) mass is 140 g/mol. The van der Waals surface area contributed by atoms with Crippen molar-refractivity contribution in [1.82, 2.24) is 0 Å². The number of hydrogen-bond donors (Lipinski definition) is 0. The minimum Gasteiger partial charge on any atom is -0.370 e. The molecule has 0 amide bonds. The Balaban J connectivity index is 2.60. The summed E-state index contributed by atoms with van der Waals surface area (Å²) in [5.74, 6) is -0.0342. The van der Waals surface area contributed by atoms with Crippen molar-refractivity contribution in [1.29, 1.82) is 0 Å². The Bertz CT molecular complexity index is 159. The van der Waals surface area contributed by atoms with Crippen LogP contribution in [0.2, 0.25) is 0 Å². The van der Waals surface area contributed by atoms with Crippen molar-refractivity contribution in [2.45, 2.75) is 19.4 Å². The smallest absolute Gasteiger partial charge is 0.129 e. The van der Waals surface area contributed by atoms with Crippen LogP contribution in [0, 0.1) is 5.92 Å². The molecule has 0 radical (unpaired) electrons. The molecule has 0 spiro atoms. The third kappa shape index (κ3) is 1.67. The van der Waals surface area contributed by atoms with Gasteiger partial charge in [-0.15, -0.1) is 0 Å². The molecule has 1 unspecified atom stereocenters. The van der Waals surface area contributed by atoms with Crippen LogP contribution in [0.25, 0.3) is 0 Å². The highest BCUT2D eigenvalue weighted by Gasteiger charge is 2.20. The van der Waals surface area contributed by atoms with Gasteiger partial charge in [0.15, 0.2) is 0 Å². The van der Waals surface area contributed by atoms with E-state index in [0.717, 1.165) is 6.29 Å². The van der Waals surface area contributed by atoms with Crippen LogP contribution >= 0.6 is 0 Å². The molecule has 0 saturated carbocycles. The first-order valence-electron chi connectivity index (χ1n) is 3.43. The summed E-state index contributed by atoms with van der Waals surface area (Å²) in [5.41, 5.74) is -0.181. The van der Waals surface area contributed by atoms with Gasteiger partial charge in [-0.25, -0.2) is 0 Å². The Labute approximate surface area is 60.9 Å². The number of aldehydes is 1. The van der Waals surface area contributed by atoms with Gasteiger partial charge in [0, 0.05) is 0 Å². The van der Waals surface area contributed by atoms with Gasteiger partial charge in [-0.05, 0) is 13.8 Å². The van der Waals surface area contributed by atoms with Crippen LogP contribution in [0.3, 0.4) is 0 Å². The standard InChI is InChI=1S/C8H12O2/c1-8(2)4-3-7(5-9)6-10-8/h3-5,7H,6H2,1-2H3. The van der Waals surface area contributed by atoms with Crippen LogP contribution in [-0.2, 0) is 9.53 Å². The summed E-state index contributed by atoms with van der Waals surface area (Å²) in [4.78, 5) is 10.2. The van der Waals surface area contributed by atoms with E-state index < -0.39 is 0 Å². The van der Waals surface area contributed by atoms with Gasteiger partial charge in [0.25, 0.3) is 0 Å². The number of ether oxygens (including phenoxy) is 1. The van der Waals surface area contributed by atoms with E-state index in [1.165, 1.54) is 0 Å². The molecule has 0 aromatic heterocycles. The number of rotatable bonds is 1. The highest BCUT2D eigenvalue weighted by molar-refractivity contribution is 5.57. The summed E-state index contributed by atoms with van der Waals surface area (Å²) in [5, 5.41) is 0. The van der Waals surface area contributed by atoms with E-state index >= 15 is 0 Å². The van der Waals surface area contributed by atoms with Gasteiger partial charge in [0.2, 0.25) is 0 Å². The first-order valence-corrected chi connectivity index (χ1v) is 3.43. The molecule has 1 heterocycles. The van der Waals surface area contributed by atoms with E-state index in [1.807, 2.05) is 26.0 Å². The van der Waals surface area contributed by atoms with Gasteiger partial charge in [-0.1, -0.05) is 12.2 Å². The quantitative estimate of drug-likeness (QED) is 0.403. The van der Waals surface area contributed by atoms with Gasteiger partial charge in [-0.2, -0.15) is 0 Å². The van der Waals surface area contributed by atoms with Crippen molar-refractivity contribution in [3.8, 4) is 0 Å². The third-order valence-corrected chi connectivity index (χ3v) is 1.57. The molecule has 1 rings (SSSR count). The van der Waals surface area contributed by atoms with Gasteiger partial charge in [-0.3, -0.25) is 0 Å². The Morgan fingerprint density at radius 1 is 1.70 bits per heavy atom. The Kier molecular flexibility index (Phi) is 1.90. The minimum absolute atomic E-state index is 0.0342. The van der Waals surface area contributed by atoms with Crippen LogP contribution in [0.1, 0.15) is 13.8 Å². The highest BCUT2D eigenvalue weighted by atomic mass is 16.5. The molecule has 0 fully saturated rings. The van der Waals surface area contributed by atoms with E-state index in [0.29, 0.717) is 6.61 Å². The molecule has 0 N–H and O–H groups in total. The minimum atomic E-state index is -0.181. The van der Waals surface area contributed by atoms with Crippen molar-refractivity contribution in [3.05, 3.63) is 12.2 Å². The Hall–Kier alpha value is -0.630. The number of carbonyl (C=O) groups is 1. The Morgan fingerprint density at radius 3 is 2.80 bits per heavy atom. The lowest BCUT2D eigenvalue weighted by atomic mass is 10.0. The summed E-state index contributed by atoms with van der Waals surface area (Å²) < 4.78 is 5.35. The summed E-state index contributed by atoms with van der Waals surface area (Å²) in [6.07, 6.45) is 4.73. The largest absolute Gasteiger partial charge is 0.370 e. The molecule has 2 heteroatoms. The molecular weight excluding hydrogens is 128 g/mol. The van der Waals surface area contributed by atoms with E-state index in [4.69, 9.17) is 4.74 Å². The molecule has 0 bridgehead atoms. The summed E-state index contributed by atoms with van der Waals surface area (Å²) in [7, 11) is 0. The zero-order chi connectivity index (χ0) is 7.61. The van der Waals surface area contributed by atoms with Gasteiger partial charge in [0.05, 0.1) is 18.1 Å². The summed E-state index contributed by atoms with van der Waals surface area (Å²) in [6, 6.07) is 0. The number of carbonyl (C=O) groups excluding carboxylic acids is 1. The van der Waals surface area contributed by atoms with E-state index in [2.05, 4.69) is 0 Å². The molecule has 2 nitrogen and oxygen atoms in total. The molecule has 1 atom stereocenters. The van der Waals surface area contributed by atoms with Crippen LogP contribution in [0.4, 0.5) is 0 Å². The fourth-order valence-electron chi connectivity index (χ4n) is 0.855. The predicted octanol–water partition coefficient (Wildman–Crippen LogP) is 1.17. The maximum absolute atomic E-state index is 10.2. The average molecular weight is 140 g/mol. The second-order valence-corrected chi connectivity index (χ2v) is 3.07. The van der Waals surface area contributed by atoms with Crippen LogP contribution in [-0.4, -0.2) is 18.5 Å². The summed E-state index contributed by atoms with van der Waals surface area (Å²) in [6.45, 7) is 4.47. The molecule has 56 valence electrons. The maximum Gasteiger partial charge on any atom is 0.129 e. The third-order valence-electron chi connectivity index (χ3n) is 1.57. The highest BCUT2D eigenvalue weighted by Crippen LogP contribution is 2.18. The second kappa shape index (κ2) is 2.54. The zero-order valence-corrected chi connectivity index (χ0v) is 6.33. The topological polar surface area (TPSA) is 26.3 Å². The molecular formula is C8H12O2. The van der Waals surface area contributed by atoms with Gasteiger partial charge in [0.1, 0.15) is 6.29 Å². The average Bonchev–Trinajstić information content (AvgIpc) is 1.88. The number of hydrogen-bond acceptors (Lipinski definition) is 2. The lowest BCUT2D eigenvalue weighted by Crippen LogP contribution is -2.29. The lowest BCUT2D eigenvalue weighted by molar-refractivity contribution is -0.113. The van der Waals surface area contributed by atoms with Crippen molar-refractivity contribution in [3.63, 3.8) is 0 Å². The molecule has 10 heavy (non-hydrogen) atoms. The predicted molar refractivity (Wildman–Crippen MR) is 38.7 cm³/mol. The van der Waals surface area contributed by atoms with Crippen molar-refractivity contribution >= 4 is 6.29 Å². The van der Waals surface area contributed by atoms with E-state index in [1.54, 1.807) is 0 Å². The molecule has 1 aliphatic rings. The van der Waals surface area contributed by atoms with Crippen molar-refractivity contribution < 1.29 is 9.53 Å². The van der Waals surface area contributed by atoms with Crippen molar-refractivity contribution in [2.75, 3.05) is 6.61 Å². The maximum atomic E-state index is 10.2. The molecule has 1 aliphatic heterocycles. The molecule has 0 aromatic rings. The van der Waals surface area contributed by atoms with Gasteiger partial charge < -0.3 is 9.53 Å². The summed E-state index contributed by atoms with van der Waals surface area (Å²) >= 11 is 0. The van der Waals surface area contributed by atoms with E-state index in [9.17, 15) is 4.79 Å².